The molecule has 2 nitrogen and oxygen atoms in total. The van der Waals surface area contributed by atoms with E-state index in [0.29, 0.717) is 15.6 Å². The molecule has 0 fully saturated rings. The Hall–Kier alpha value is -1.16. The lowest BCUT2D eigenvalue weighted by Crippen LogP contribution is -1.84. The minimum atomic E-state index is 0.551. The summed E-state index contributed by atoms with van der Waals surface area (Å²) in [6, 6.07) is 13.1. The van der Waals surface area contributed by atoms with E-state index in [1.165, 1.54) is 0 Å². The summed E-state index contributed by atoms with van der Waals surface area (Å²) in [6.07, 6.45) is 3.20. The average molecular weight is 356 g/mol. The van der Waals surface area contributed by atoms with Crippen molar-refractivity contribution in [2.45, 2.75) is 0 Å². The Morgan fingerprint density at radius 1 is 0.842 bits per heavy atom. The van der Waals surface area contributed by atoms with Crippen LogP contribution < -0.4 is 0 Å². The fourth-order valence-electron chi connectivity index (χ4n) is 1.37. The average Bonchev–Trinajstić information content (AvgIpc) is 2.39. The smallest absolute Gasteiger partial charge is 0.0598 e. The van der Waals surface area contributed by atoms with E-state index in [2.05, 4.69) is 26.1 Å². The number of hydrogen-bond acceptors (Lipinski definition) is 2. The number of nitrogens with zero attached hydrogens (tertiary/aromatic N) is 2. The lowest BCUT2D eigenvalue weighted by molar-refractivity contribution is 1.26. The van der Waals surface area contributed by atoms with Gasteiger partial charge in [0.15, 0.2) is 0 Å². The highest BCUT2D eigenvalue weighted by atomic mass is 79.9. The first-order chi connectivity index (χ1) is 9.16. The van der Waals surface area contributed by atoms with Gasteiger partial charge in [0, 0.05) is 10.0 Å². The van der Waals surface area contributed by atoms with Crippen molar-refractivity contribution in [2.24, 2.45) is 10.2 Å². The van der Waals surface area contributed by atoms with Gasteiger partial charge in [-0.15, -0.1) is 0 Å². The number of hydrogen-bond donors (Lipinski definition) is 0. The van der Waals surface area contributed by atoms with Gasteiger partial charge in [0.05, 0.1) is 22.5 Å². The third kappa shape index (κ3) is 4.16. The maximum absolute atomic E-state index is 6.01. The predicted octanol–water partition coefficient (Wildman–Crippen LogP) is 5.21. The van der Waals surface area contributed by atoms with Crippen molar-refractivity contribution in [1.82, 2.24) is 0 Å². The van der Waals surface area contributed by atoms with Crippen LogP contribution in [0.2, 0.25) is 10.0 Å². The fraction of sp³-hybridized carbons (Fsp3) is 0. The Bertz CT molecular complexity index is 602. The van der Waals surface area contributed by atoms with Crippen molar-refractivity contribution >= 4 is 51.6 Å². The molecule has 0 aromatic heterocycles. The van der Waals surface area contributed by atoms with E-state index in [0.717, 1.165) is 10.0 Å². The monoisotopic (exact) mass is 354 g/mol. The van der Waals surface area contributed by atoms with E-state index in [9.17, 15) is 0 Å². The zero-order chi connectivity index (χ0) is 13.7. The molecule has 2 rings (SSSR count). The van der Waals surface area contributed by atoms with E-state index in [4.69, 9.17) is 23.2 Å². The Kier molecular flexibility index (Phi) is 5.14. The van der Waals surface area contributed by atoms with Gasteiger partial charge in [0.1, 0.15) is 0 Å². The Balaban J connectivity index is 2.10. The molecule has 0 amide bonds. The highest BCUT2D eigenvalue weighted by molar-refractivity contribution is 9.10. The molecule has 0 unspecified atom stereocenters. The van der Waals surface area contributed by atoms with Crippen LogP contribution in [0.25, 0.3) is 0 Å². The van der Waals surface area contributed by atoms with E-state index in [-0.39, 0.29) is 0 Å². The van der Waals surface area contributed by atoms with Gasteiger partial charge in [-0.1, -0.05) is 57.3 Å². The highest BCUT2D eigenvalue weighted by Gasteiger charge is 2.01. The molecular weight excluding hydrogens is 347 g/mol. The summed E-state index contributed by atoms with van der Waals surface area (Å²) in [5, 5.41) is 9.01. The van der Waals surface area contributed by atoms with Gasteiger partial charge >= 0.3 is 0 Å². The predicted molar refractivity (Wildman–Crippen MR) is 85.8 cm³/mol. The highest BCUT2D eigenvalue weighted by Crippen LogP contribution is 2.22. The molecule has 0 heterocycles. The Morgan fingerprint density at radius 3 is 2.05 bits per heavy atom. The molecule has 2 aromatic carbocycles. The van der Waals surface area contributed by atoms with Crippen LogP contribution in [0, 0.1) is 0 Å². The van der Waals surface area contributed by atoms with Gasteiger partial charge in [0.25, 0.3) is 0 Å². The van der Waals surface area contributed by atoms with Gasteiger partial charge in [-0.3, -0.25) is 0 Å². The lowest BCUT2D eigenvalue weighted by atomic mass is 10.2. The molecular formula is C14H9BrCl2N2. The summed E-state index contributed by atoms with van der Waals surface area (Å²) in [4.78, 5) is 0. The molecule has 0 bridgehead atoms. The summed E-state index contributed by atoms with van der Waals surface area (Å²) < 4.78 is 1.02. The lowest BCUT2D eigenvalue weighted by Gasteiger charge is -1.98. The van der Waals surface area contributed by atoms with E-state index < -0.39 is 0 Å². The van der Waals surface area contributed by atoms with Crippen LogP contribution in [0.4, 0.5) is 0 Å². The van der Waals surface area contributed by atoms with Crippen LogP contribution in [0.3, 0.4) is 0 Å². The van der Waals surface area contributed by atoms with E-state index >= 15 is 0 Å². The molecule has 0 atom stereocenters. The minimum Gasteiger partial charge on any atom is -0.159 e. The first-order valence-corrected chi connectivity index (χ1v) is 6.98. The standard InChI is InChI=1S/C14H9BrCl2N2/c15-11-6-4-10(5-7-11)8-18-19-9-12-13(16)2-1-3-14(12)17/h1-9H/b18-8+,19-9+. The second-order valence-corrected chi connectivity index (χ2v) is 5.41. The van der Waals surface area contributed by atoms with Crippen molar-refractivity contribution in [3.8, 4) is 0 Å². The van der Waals surface area contributed by atoms with Gasteiger partial charge < -0.3 is 0 Å². The molecule has 19 heavy (non-hydrogen) atoms. The van der Waals surface area contributed by atoms with Gasteiger partial charge in [-0.05, 0) is 29.8 Å². The third-order valence-electron chi connectivity index (χ3n) is 2.33. The van der Waals surface area contributed by atoms with E-state index in [1.54, 1.807) is 30.6 Å². The molecule has 5 heteroatoms. The van der Waals surface area contributed by atoms with Crippen LogP contribution in [-0.4, -0.2) is 12.4 Å². The third-order valence-corrected chi connectivity index (χ3v) is 3.52. The fourth-order valence-corrected chi connectivity index (χ4v) is 2.13. The van der Waals surface area contributed by atoms with Crippen molar-refractivity contribution in [3.05, 3.63) is 68.1 Å². The second kappa shape index (κ2) is 6.85. The van der Waals surface area contributed by atoms with Crippen LogP contribution in [-0.2, 0) is 0 Å². The van der Waals surface area contributed by atoms with Crippen LogP contribution in [0.1, 0.15) is 11.1 Å². The first kappa shape index (κ1) is 14.3. The summed E-state index contributed by atoms with van der Waals surface area (Å²) in [5.41, 5.74) is 1.63. The van der Waals surface area contributed by atoms with E-state index in [1.807, 2.05) is 24.3 Å². The van der Waals surface area contributed by atoms with Gasteiger partial charge in [-0.2, -0.15) is 10.2 Å². The SMILES string of the molecule is Clc1cccc(Cl)c1/C=N/N=C/c1ccc(Br)cc1. The molecule has 0 aliphatic heterocycles. The number of halogens is 3. The first-order valence-electron chi connectivity index (χ1n) is 5.43. The van der Waals surface area contributed by atoms with Crippen molar-refractivity contribution < 1.29 is 0 Å². The maximum atomic E-state index is 6.01. The Labute approximate surface area is 129 Å². The molecule has 0 aliphatic rings. The largest absolute Gasteiger partial charge is 0.159 e. The zero-order valence-corrected chi connectivity index (χ0v) is 12.8. The van der Waals surface area contributed by atoms with Crippen LogP contribution in [0.5, 0.6) is 0 Å². The Morgan fingerprint density at radius 2 is 1.42 bits per heavy atom. The molecule has 0 saturated heterocycles. The minimum absolute atomic E-state index is 0.551. The molecule has 0 saturated carbocycles. The van der Waals surface area contributed by atoms with Crippen LogP contribution in [0.15, 0.2) is 57.1 Å². The summed E-state index contributed by atoms with van der Waals surface area (Å²) in [6.45, 7) is 0. The van der Waals surface area contributed by atoms with Crippen LogP contribution >= 0.6 is 39.1 Å². The molecule has 0 spiro atoms. The molecule has 96 valence electrons. The molecule has 0 radical (unpaired) electrons. The summed E-state index contributed by atoms with van der Waals surface area (Å²) in [5.74, 6) is 0. The zero-order valence-electron chi connectivity index (χ0n) is 9.72. The van der Waals surface area contributed by atoms with Gasteiger partial charge in [0.2, 0.25) is 0 Å². The second-order valence-electron chi connectivity index (χ2n) is 3.68. The molecule has 2 aromatic rings. The molecule has 0 aliphatic carbocycles. The quantitative estimate of drug-likeness (QED) is 0.533. The topological polar surface area (TPSA) is 24.7 Å². The number of rotatable bonds is 3. The summed E-state index contributed by atoms with van der Waals surface area (Å²) in [7, 11) is 0. The van der Waals surface area contributed by atoms with Crippen molar-refractivity contribution in [1.29, 1.82) is 0 Å². The van der Waals surface area contributed by atoms with Gasteiger partial charge in [-0.25, -0.2) is 0 Å². The maximum Gasteiger partial charge on any atom is 0.0598 e. The normalized spacial score (nSPS) is 11.5. The van der Waals surface area contributed by atoms with Crippen molar-refractivity contribution in [2.75, 3.05) is 0 Å². The molecule has 0 N–H and O–H groups in total. The summed E-state index contributed by atoms with van der Waals surface area (Å²) >= 11 is 15.4. The van der Waals surface area contributed by atoms with Crippen molar-refractivity contribution in [3.63, 3.8) is 0 Å². The number of benzene rings is 2.